The summed E-state index contributed by atoms with van der Waals surface area (Å²) in [7, 11) is 0. The molecule has 0 aromatic carbocycles. The van der Waals surface area contributed by atoms with Crippen molar-refractivity contribution in [2.24, 2.45) is 0 Å². The fraction of sp³-hybridized carbons (Fsp3) is 0.750. The fourth-order valence-corrected chi connectivity index (χ4v) is 1.75. The first kappa shape index (κ1) is 12.2. The van der Waals surface area contributed by atoms with Crippen LogP contribution >= 0.6 is 0 Å². The van der Waals surface area contributed by atoms with Gasteiger partial charge in [-0.05, 0) is 27.2 Å². The van der Waals surface area contributed by atoms with Crippen LogP contribution in [0.25, 0.3) is 0 Å². The zero-order valence-corrected chi connectivity index (χ0v) is 10.3. The van der Waals surface area contributed by atoms with Gasteiger partial charge in [0.25, 0.3) is 0 Å². The van der Waals surface area contributed by atoms with Crippen LogP contribution in [0.2, 0.25) is 0 Å². The number of nitrogens with zero attached hydrogens (tertiary/aromatic N) is 2. The molecule has 0 fully saturated rings. The number of aromatic nitrogens is 2. The van der Waals surface area contributed by atoms with E-state index in [1.165, 1.54) is 18.5 Å². The Kier molecular flexibility index (Phi) is 4.82. The van der Waals surface area contributed by atoms with E-state index in [4.69, 9.17) is 0 Å². The van der Waals surface area contributed by atoms with Gasteiger partial charge in [0.15, 0.2) is 0 Å². The second kappa shape index (κ2) is 5.91. The maximum absolute atomic E-state index is 4.19. The Morgan fingerprint density at radius 3 is 2.73 bits per heavy atom. The molecule has 3 nitrogen and oxygen atoms in total. The third kappa shape index (κ3) is 3.67. The molecule has 0 bridgehead atoms. The Morgan fingerprint density at radius 2 is 2.13 bits per heavy atom. The van der Waals surface area contributed by atoms with E-state index >= 15 is 0 Å². The van der Waals surface area contributed by atoms with E-state index in [9.17, 15) is 0 Å². The van der Waals surface area contributed by atoms with Gasteiger partial charge < -0.3 is 9.88 Å². The summed E-state index contributed by atoms with van der Waals surface area (Å²) in [5.74, 6) is 0. The maximum atomic E-state index is 4.19. The molecule has 1 rings (SSSR count). The predicted molar refractivity (Wildman–Crippen MR) is 63.8 cm³/mol. The Morgan fingerprint density at radius 1 is 1.40 bits per heavy atom. The molecule has 1 atom stereocenters. The van der Waals surface area contributed by atoms with Crippen LogP contribution in [-0.2, 0) is 6.54 Å². The normalized spacial score (nSPS) is 13.4. The highest BCUT2D eigenvalue weighted by Crippen LogP contribution is 2.09. The van der Waals surface area contributed by atoms with Crippen molar-refractivity contribution in [3.63, 3.8) is 0 Å². The van der Waals surface area contributed by atoms with Gasteiger partial charge in [-0.25, -0.2) is 4.98 Å². The number of nitrogens with one attached hydrogen (secondary N) is 1. The SMILES string of the molecule is CCCC(C)NCc1cncn1C(C)C. The lowest BCUT2D eigenvalue weighted by atomic mass is 10.2. The lowest BCUT2D eigenvalue weighted by molar-refractivity contribution is 0.483. The first-order chi connectivity index (χ1) is 7.15. The first-order valence-electron chi connectivity index (χ1n) is 5.89. The molecule has 1 aromatic rings. The third-order valence-corrected chi connectivity index (χ3v) is 2.66. The molecule has 15 heavy (non-hydrogen) atoms. The van der Waals surface area contributed by atoms with Gasteiger partial charge in [-0.1, -0.05) is 13.3 Å². The van der Waals surface area contributed by atoms with Crippen molar-refractivity contribution in [1.82, 2.24) is 14.9 Å². The van der Waals surface area contributed by atoms with Crippen LogP contribution in [0.3, 0.4) is 0 Å². The quantitative estimate of drug-likeness (QED) is 0.780. The predicted octanol–water partition coefficient (Wildman–Crippen LogP) is 2.74. The van der Waals surface area contributed by atoms with Crippen LogP contribution in [0, 0.1) is 0 Å². The molecule has 1 N–H and O–H groups in total. The largest absolute Gasteiger partial charge is 0.331 e. The van der Waals surface area contributed by atoms with Crippen LogP contribution < -0.4 is 5.32 Å². The summed E-state index contributed by atoms with van der Waals surface area (Å²) in [4.78, 5) is 4.19. The minimum absolute atomic E-state index is 0.491. The van der Waals surface area contributed by atoms with Crippen molar-refractivity contribution >= 4 is 0 Å². The molecule has 0 saturated carbocycles. The van der Waals surface area contributed by atoms with Crippen molar-refractivity contribution in [3.05, 3.63) is 18.2 Å². The van der Waals surface area contributed by atoms with Crippen LogP contribution in [0.5, 0.6) is 0 Å². The third-order valence-electron chi connectivity index (χ3n) is 2.66. The second-order valence-corrected chi connectivity index (χ2v) is 4.46. The summed E-state index contributed by atoms with van der Waals surface area (Å²) in [6.45, 7) is 9.73. The second-order valence-electron chi connectivity index (χ2n) is 4.46. The maximum Gasteiger partial charge on any atom is 0.0951 e. The molecule has 0 radical (unpaired) electrons. The number of imidazole rings is 1. The van der Waals surface area contributed by atoms with Crippen molar-refractivity contribution in [2.45, 2.75) is 59.2 Å². The van der Waals surface area contributed by atoms with Gasteiger partial charge in [0.2, 0.25) is 0 Å². The van der Waals surface area contributed by atoms with E-state index in [1.807, 2.05) is 12.5 Å². The molecule has 1 unspecified atom stereocenters. The summed E-state index contributed by atoms with van der Waals surface area (Å²) in [6.07, 6.45) is 6.32. The van der Waals surface area contributed by atoms with Crippen molar-refractivity contribution in [3.8, 4) is 0 Å². The Balaban J connectivity index is 2.46. The topological polar surface area (TPSA) is 29.9 Å². The lowest BCUT2D eigenvalue weighted by Crippen LogP contribution is -2.26. The molecule has 0 aliphatic carbocycles. The van der Waals surface area contributed by atoms with Crippen LogP contribution in [0.1, 0.15) is 52.3 Å². The Labute approximate surface area is 92.9 Å². The summed E-state index contributed by atoms with van der Waals surface area (Å²) in [5, 5.41) is 3.52. The summed E-state index contributed by atoms with van der Waals surface area (Å²) in [6, 6.07) is 1.08. The lowest BCUT2D eigenvalue weighted by Gasteiger charge is -2.15. The van der Waals surface area contributed by atoms with Crippen molar-refractivity contribution in [2.75, 3.05) is 0 Å². The van der Waals surface area contributed by atoms with E-state index < -0.39 is 0 Å². The number of hydrogen-bond donors (Lipinski definition) is 1. The molecule has 0 aliphatic heterocycles. The average Bonchev–Trinajstić information content (AvgIpc) is 2.63. The minimum Gasteiger partial charge on any atom is -0.331 e. The minimum atomic E-state index is 0.491. The van der Waals surface area contributed by atoms with E-state index in [1.54, 1.807) is 0 Å². The van der Waals surface area contributed by atoms with Gasteiger partial charge in [-0.3, -0.25) is 0 Å². The van der Waals surface area contributed by atoms with Crippen LogP contribution in [-0.4, -0.2) is 15.6 Å². The van der Waals surface area contributed by atoms with Gasteiger partial charge in [0, 0.05) is 24.8 Å². The van der Waals surface area contributed by atoms with E-state index in [-0.39, 0.29) is 0 Å². The Hall–Kier alpha value is -0.830. The van der Waals surface area contributed by atoms with Crippen LogP contribution in [0.15, 0.2) is 12.5 Å². The van der Waals surface area contributed by atoms with E-state index in [0.717, 1.165) is 6.54 Å². The molecular weight excluding hydrogens is 186 g/mol. The number of hydrogen-bond acceptors (Lipinski definition) is 2. The average molecular weight is 209 g/mol. The van der Waals surface area contributed by atoms with Crippen molar-refractivity contribution < 1.29 is 0 Å². The molecule has 3 heteroatoms. The molecule has 86 valence electrons. The molecule has 0 saturated heterocycles. The summed E-state index contributed by atoms with van der Waals surface area (Å²) >= 11 is 0. The molecule has 0 amide bonds. The monoisotopic (exact) mass is 209 g/mol. The van der Waals surface area contributed by atoms with Gasteiger partial charge in [0.1, 0.15) is 0 Å². The first-order valence-corrected chi connectivity index (χ1v) is 5.89. The summed E-state index contributed by atoms with van der Waals surface area (Å²) in [5.41, 5.74) is 1.27. The summed E-state index contributed by atoms with van der Waals surface area (Å²) < 4.78 is 2.21. The van der Waals surface area contributed by atoms with Crippen LogP contribution in [0.4, 0.5) is 0 Å². The van der Waals surface area contributed by atoms with Gasteiger partial charge in [0.05, 0.1) is 12.0 Å². The molecule has 1 heterocycles. The highest BCUT2D eigenvalue weighted by atomic mass is 15.1. The van der Waals surface area contributed by atoms with E-state index in [2.05, 4.69) is 42.6 Å². The smallest absolute Gasteiger partial charge is 0.0951 e. The zero-order chi connectivity index (χ0) is 11.3. The molecular formula is C12H23N3. The van der Waals surface area contributed by atoms with E-state index in [0.29, 0.717) is 12.1 Å². The molecule has 0 aliphatic rings. The molecule has 1 aromatic heterocycles. The zero-order valence-electron chi connectivity index (χ0n) is 10.3. The van der Waals surface area contributed by atoms with Gasteiger partial charge in [-0.15, -0.1) is 0 Å². The van der Waals surface area contributed by atoms with Gasteiger partial charge in [-0.2, -0.15) is 0 Å². The highest BCUT2D eigenvalue weighted by molar-refractivity contribution is 4.99. The fourth-order valence-electron chi connectivity index (χ4n) is 1.75. The number of rotatable bonds is 6. The molecule has 0 spiro atoms. The van der Waals surface area contributed by atoms with Crippen molar-refractivity contribution in [1.29, 1.82) is 0 Å². The Bertz CT molecular complexity index is 278. The standard InChI is InChI=1S/C12H23N3/c1-5-6-11(4)14-8-12-7-13-9-15(12)10(2)3/h7,9-11,14H,5-6,8H2,1-4H3. The van der Waals surface area contributed by atoms with Gasteiger partial charge >= 0.3 is 0 Å². The highest BCUT2D eigenvalue weighted by Gasteiger charge is 2.06.